The van der Waals surface area contributed by atoms with E-state index in [9.17, 15) is 0 Å². The van der Waals surface area contributed by atoms with Crippen LogP contribution < -0.4 is 9.30 Å². The first-order valence-electron chi connectivity index (χ1n) is 28.8. The molecule has 4 aromatic heterocycles. The predicted molar refractivity (Wildman–Crippen MR) is 330 cm³/mol. The van der Waals surface area contributed by atoms with E-state index in [0.717, 1.165) is 96.3 Å². The molecule has 0 saturated carbocycles. The van der Waals surface area contributed by atoms with Crippen molar-refractivity contribution >= 4 is 54.8 Å². The predicted octanol–water partition coefficient (Wildman–Crippen LogP) is 19.2. The van der Waals surface area contributed by atoms with Gasteiger partial charge in [-0.3, -0.25) is 13.7 Å². The molecule has 0 spiro atoms. The average Bonchev–Trinajstić information content (AvgIpc) is 4.33. The number of hydrogen-bond donors (Lipinski definition) is 0. The highest BCUT2D eigenvalue weighted by atomic mass is 16.5. The third-order valence-corrected chi connectivity index (χ3v) is 18.5. The first-order chi connectivity index (χ1) is 38.2. The minimum Gasteiger partial charge on any atom is -0.458 e. The Balaban J connectivity index is 0.921. The summed E-state index contributed by atoms with van der Waals surface area (Å²) in [6.45, 7) is 26.1. The summed E-state index contributed by atoms with van der Waals surface area (Å²) in [4.78, 5) is 5.01. The van der Waals surface area contributed by atoms with E-state index in [1.807, 2.05) is 24.4 Å². The second-order valence-corrected chi connectivity index (χ2v) is 26.7. The van der Waals surface area contributed by atoms with Crippen LogP contribution in [0.1, 0.15) is 130 Å². The van der Waals surface area contributed by atoms with Crippen molar-refractivity contribution in [2.45, 2.75) is 129 Å². The topological polar surface area (TPSA) is 49.0 Å². The monoisotopic (exact) mass is 1050 g/mol. The van der Waals surface area contributed by atoms with Gasteiger partial charge in [-0.15, -0.1) is 0 Å². The number of furan rings is 1. The van der Waals surface area contributed by atoms with Crippen molar-refractivity contribution in [1.29, 1.82) is 0 Å². The average molecular weight is 1050 g/mol. The van der Waals surface area contributed by atoms with E-state index in [1.54, 1.807) is 0 Å². The van der Waals surface area contributed by atoms with E-state index in [-0.39, 0.29) is 27.1 Å². The quantitative estimate of drug-likeness (QED) is 0.118. The van der Waals surface area contributed by atoms with Gasteiger partial charge in [-0.2, -0.15) is 0 Å². The van der Waals surface area contributed by atoms with E-state index in [0.29, 0.717) is 0 Å². The number of benzene rings is 8. The molecule has 0 saturated heterocycles. The van der Waals surface area contributed by atoms with E-state index in [2.05, 4.69) is 248 Å². The molecule has 2 aliphatic carbocycles. The molecule has 8 aromatic carbocycles. The number of nitrogens with zero attached hydrogens (tertiary/aromatic N) is 4. The van der Waals surface area contributed by atoms with Crippen molar-refractivity contribution in [3.05, 3.63) is 210 Å². The van der Waals surface area contributed by atoms with Gasteiger partial charge in [0.2, 0.25) is 0 Å². The molecule has 14 rings (SSSR count). The van der Waals surface area contributed by atoms with Gasteiger partial charge in [-0.25, -0.2) is 4.98 Å². The summed E-state index contributed by atoms with van der Waals surface area (Å²) in [5.41, 5.74) is 20.0. The number of aromatic nitrogens is 4. The van der Waals surface area contributed by atoms with Gasteiger partial charge in [0.05, 0.1) is 38.8 Å². The minimum absolute atomic E-state index is 0.0551. The van der Waals surface area contributed by atoms with Gasteiger partial charge >= 0.3 is 0 Å². The molecular weight excluding hydrogens is 977 g/mol. The van der Waals surface area contributed by atoms with Crippen molar-refractivity contribution in [3.8, 4) is 50.9 Å². The third-order valence-electron chi connectivity index (χ3n) is 18.5. The normalized spacial score (nSPS) is 16.4. The van der Waals surface area contributed by atoms with Gasteiger partial charge in [-0.05, 0) is 163 Å². The molecule has 0 amide bonds. The summed E-state index contributed by atoms with van der Waals surface area (Å²) in [6.07, 6.45) is 10.6. The van der Waals surface area contributed by atoms with E-state index >= 15 is 0 Å². The molecule has 6 heteroatoms. The molecule has 4 heterocycles. The highest BCUT2D eigenvalue weighted by Crippen LogP contribution is 2.50. The van der Waals surface area contributed by atoms with Crippen LogP contribution >= 0.6 is 0 Å². The van der Waals surface area contributed by atoms with Crippen LogP contribution in [0.25, 0.3) is 94.2 Å². The number of hydrogen-bond acceptors (Lipinski definition) is 3. The molecule has 6 nitrogen and oxygen atoms in total. The molecule has 80 heavy (non-hydrogen) atoms. The maximum absolute atomic E-state index is 6.97. The lowest BCUT2D eigenvalue weighted by atomic mass is 9.62. The summed E-state index contributed by atoms with van der Waals surface area (Å²) < 4.78 is 20.5. The van der Waals surface area contributed by atoms with E-state index < -0.39 is 0 Å². The van der Waals surface area contributed by atoms with Crippen LogP contribution in [0.5, 0.6) is 11.5 Å². The number of pyridine rings is 1. The summed E-state index contributed by atoms with van der Waals surface area (Å²) in [5, 5.41) is 4.32. The molecule has 0 unspecified atom stereocenters. The van der Waals surface area contributed by atoms with Gasteiger partial charge < -0.3 is 9.15 Å². The summed E-state index contributed by atoms with van der Waals surface area (Å²) in [7, 11) is 0. The van der Waals surface area contributed by atoms with Crippen LogP contribution in [0.2, 0.25) is 0 Å². The first kappa shape index (κ1) is 50.0. The smallest absolute Gasteiger partial charge is 0.269 e. The number of fused-ring (bicyclic) bond motifs is 10. The third kappa shape index (κ3) is 7.95. The molecule has 0 bridgehead atoms. The molecule has 12 aromatic rings. The van der Waals surface area contributed by atoms with Crippen molar-refractivity contribution in [2.75, 3.05) is 0 Å². The Bertz CT molecular complexity index is 4410. The highest BCUT2D eigenvalue weighted by Gasteiger charge is 2.39. The zero-order valence-electron chi connectivity index (χ0n) is 48.2. The lowest BCUT2D eigenvalue weighted by Gasteiger charge is -2.42. The van der Waals surface area contributed by atoms with Crippen molar-refractivity contribution in [3.63, 3.8) is 0 Å². The number of imidazole rings is 1. The summed E-state index contributed by atoms with van der Waals surface area (Å²) in [6, 6.07) is 62.1. The number of ether oxygens (including phenoxy) is 1. The van der Waals surface area contributed by atoms with Crippen molar-refractivity contribution < 1.29 is 13.7 Å². The maximum Gasteiger partial charge on any atom is 0.269 e. The standard InChI is InChI=1S/C74H70N4O2/c1-70(2,3)48-34-39-75-66(42-48)78-63-33-30-55-54-20-12-15-25-65(54)80-69(55)67(63)56-29-28-51(44-64(56)78)79-50-19-16-18-49(43-50)76-45-77(62-24-14-13-23-61(62)76)68-52(46-26-31-57-59(40-46)73(8,9)37-35-71(57,4)5)21-17-22-53(68)47-27-32-58-60(41-47)74(10,11)38-36-72(58,6)7/h12-34,39-44H,35-38H2,1-11H3. The van der Waals surface area contributed by atoms with Gasteiger partial charge in [0, 0.05) is 28.4 Å². The minimum atomic E-state index is -0.0673. The van der Waals surface area contributed by atoms with Gasteiger partial charge in [0.1, 0.15) is 28.5 Å². The molecule has 398 valence electrons. The Kier molecular flexibility index (Phi) is 11.0. The first-order valence-corrected chi connectivity index (χ1v) is 28.8. The molecule has 0 fully saturated rings. The fourth-order valence-electron chi connectivity index (χ4n) is 13.6. The Hall–Kier alpha value is -8.22. The van der Waals surface area contributed by atoms with Crippen molar-refractivity contribution in [2.24, 2.45) is 0 Å². The van der Waals surface area contributed by atoms with Crippen LogP contribution in [0.4, 0.5) is 0 Å². The zero-order chi connectivity index (χ0) is 55.3. The largest absolute Gasteiger partial charge is 0.458 e. The Morgan fingerprint density at radius 1 is 0.525 bits per heavy atom. The van der Waals surface area contributed by atoms with E-state index in [4.69, 9.17) is 14.1 Å². The highest BCUT2D eigenvalue weighted by molar-refractivity contribution is 6.24. The Morgan fingerprint density at radius 3 is 1.82 bits per heavy atom. The summed E-state index contributed by atoms with van der Waals surface area (Å²) in [5.74, 6) is 2.28. The fraction of sp³-hybridized carbons (Fsp3) is 0.270. The molecule has 2 aliphatic rings. The SMILES string of the molecule is CC(C)(C)c1ccnc(-n2c3cc(Oc4cccc(-n5[c-][n+](-c6c(-c7ccc8c(c7)C(C)(C)CCC8(C)C)cccc6-c6ccc7c(c6)C(C)(C)CCC7(C)C)c6ccccc65)c4)ccc3c3c4oc5ccccc5c4ccc32)c1. The molecule has 0 N–H and O–H groups in total. The fourth-order valence-corrected chi connectivity index (χ4v) is 13.6. The molecule has 0 atom stereocenters. The molecular formula is C74H70N4O2. The van der Waals surface area contributed by atoms with Crippen LogP contribution in [0, 0.1) is 6.33 Å². The van der Waals surface area contributed by atoms with Gasteiger partial charge in [0.15, 0.2) is 0 Å². The van der Waals surface area contributed by atoms with E-state index in [1.165, 1.54) is 62.9 Å². The molecule has 0 aliphatic heterocycles. The van der Waals surface area contributed by atoms with Crippen LogP contribution in [-0.4, -0.2) is 14.1 Å². The Morgan fingerprint density at radius 2 is 1.14 bits per heavy atom. The summed E-state index contributed by atoms with van der Waals surface area (Å²) >= 11 is 0. The second-order valence-electron chi connectivity index (χ2n) is 26.7. The maximum atomic E-state index is 6.97. The molecule has 0 radical (unpaired) electrons. The van der Waals surface area contributed by atoms with Crippen LogP contribution in [0.3, 0.4) is 0 Å². The van der Waals surface area contributed by atoms with Gasteiger partial charge in [0.25, 0.3) is 6.33 Å². The zero-order valence-corrected chi connectivity index (χ0v) is 48.2. The van der Waals surface area contributed by atoms with Gasteiger partial charge in [-0.1, -0.05) is 179 Å². The second kappa shape index (κ2) is 17.6. The lowest BCUT2D eigenvalue weighted by Crippen LogP contribution is -2.34. The van der Waals surface area contributed by atoms with Crippen molar-refractivity contribution in [1.82, 2.24) is 14.1 Å². The number of para-hydroxylation sites is 4. The number of rotatable bonds is 7. The lowest BCUT2D eigenvalue weighted by molar-refractivity contribution is -0.571. The van der Waals surface area contributed by atoms with Crippen LogP contribution in [0.15, 0.2) is 180 Å². The Labute approximate surface area is 470 Å². The van der Waals surface area contributed by atoms with Crippen LogP contribution in [-0.2, 0) is 27.1 Å².